The second-order valence-electron chi connectivity index (χ2n) is 8.54. The van der Waals surface area contributed by atoms with Crippen LogP contribution in [0.15, 0.2) is 65.6 Å². The van der Waals surface area contributed by atoms with Gasteiger partial charge in [-0.25, -0.2) is 21.6 Å². The molecule has 0 saturated carbocycles. The number of hydrogen-bond donors (Lipinski definition) is 0. The molecule has 0 radical (unpaired) electrons. The van der Waals surface area contributed by atoms with Gasteiger partial charge >= 0.3 is 0 Å². The lowest BCUT2D eigenvalue weighted by Gasteiger charge is -2.39. The Hall–Kier alpha value is -3.24. The van der Waals surface area contributed by atoms with Gasteiger partial charge in [-0.1, -0.05) is 6.07 Å². The third-order valence-electron chi connectivity index (χ3n) is 6.29. The van der Waals surface area contributed by atoms with Gasteiger partial charge in [0, 0.05) is 43.4 Å². The summed E-state index contributed by atoms with van der Waals surface area (Å²) in [5.74, 6) is -0.947. The molecule has 36 heavy (non-hydrogen) atoms. The fraction of sp³-hybridized carbons (Fsp3) is 0.308. The number of piperidine rings is 1. The average Bonchev–Trinajstić information content (AvgIpc) is 2.87. The molecule has 0 bridgehead atoms. The molecule has 4 rings (SSSR count). The molecule has 3 aromatic rings. The summed E-state index contributed by atoms with van der Waals surface area (Å²) < 4.78 is 80.5. The Morgan fingerprint density at radius 2 is 1.50 bits per heavy atom. The third-order valence-corrected chi connectivity index (χ3v) is 8.18. The maximum atomic E-state index is 14.1. The molecule has 0 atom stereocenters. The fourth-order valence-electron chi connectivity index (χ4n) is 4.43. The summed E-state index contributed by atoms with van der Waals surface area (Å²) in [4.78, 5) is 1.97. The van der Waals surface area contributed by atoms with Gasteiger partial charge in [-0.2, -0.15) is 0 Å². The van der Waals surface area contributed by atoms with E-state index in [1.165, 1.54) is 42.8 Å². The molecule has 1 heterocycles. The largest absolute Gasteiger partial charge is 0.493 e. The van der Waals surface area contributed by atoms with Crippen LogP contribution in [0.2, 0.25) is 0 Å². The van der Waals surface area contributed by atoms with Crippen LogP contribution in [0.25, 0.3) is 0 Å². The molecule has 0 aromatic heterocycles. The highest BCUT2D eigenvalue weighted by molar-refractivity contribution is 7.92. The van der Waals surface area contributed by atoms with Gasteiger partial charge in [0.1, 0.15) is 17.5 Å². The van der Waals surface area contributed by atoms with E-state index in [-0.39, 0.29) is 4.90 Å². The Balaban J connectivity index is 1.62. The van der Waals surface area contributed by atoms with E-state index in [1.54, 1.807) is 18.2 Å². The molecular formula is C26H27F3N2O4S. The van der Waals surface area contributed by atoms with E-state index in [4.69, 9.17) is 9.47 Å². The van der Waals surface area contributed by atoms with Gasteiger partial charge in [0.05, 0.1) is 24.8 Å². The third kappa shape index (κ3) is 5.44. The fourth-order valence-corrected chi connectivity index (χ4v) is 6.13. The first-order valence-electron chi connectivity index (χ1n) is 11.4. The number of likely N-dealkylation sites (tertiary alicyclic amines) is 1. The van der Waals surface area contributed by atoms with Crippen molar-refractivity contribution in [3.63, 3.8) is 0 Å². The van der Waals surface area contributed by atoms with E-state index in [0.717, 1.165) is 18.2 Å². The van der Waals surface area contributed by atoms with Crippen molar-refractivity contribution in [2.75, 3.05) is 31.6 Å². The van der Waals surface area contributed by atoms with E-state index >= 15 is 0 Å². The van der Waals surface area contributed by atoms with Crippen LogP contribution in [0.1, 0.15) is 18.4 Å². The first-order chi connectivity index (χ1) is 17.2. The molecule has 0 unspecified atom stereocenters. The predicted octanol–water partition coefficient (Wildman–Crippen LogP) is 4.98. The van der Waals surface area contributed by atoms with Crippen molar-refractivity contribution in [1.82, 2.24) is 4.90 Å². The topological polar surface area (TPSA) is 59.1 Å². The van der Waals surface area contributed by atoms with Gasteiger partial charge in [0.25, 0.3) is 10.0 Å². The molecular weight excluding hydrogens is 493 g/mol. The zero-order valence-corrected chi connectivity index (χ0v) is 20.8. The predicted molar refractivity (Wildman–Crippen MR) is 130 cm³/mol. The van der Waals surface area contributed by atoms with Gasteiger partial charge in [-0.15, -0.1) is 0 Å². The van der Waals surface area contributed by atoms with Crippen LogP contribution in [-0.4, -0.2) is 46.7 Å². The molecule has 0 spiro atoms. The minimum atomic E-state index is -4.05. The van der Waals surface area contributed by atoms with Crippen molar-refractivity contribution in [2.45, 2.75) is 30.3 Å². The molecule has 1 aliphatic rings. The molecule has 0 aliphatic carbocycles. The number of methoxy groups -OCH3 is 2. The number of nitrogens with zero attached hydrogens (tertiary/aromatic N) is 2. The molecule has 6 nitrogen and oxygen atoms in total. The number of rotatable bonds is 8. The number of hydrogen-bond acceptors (Lipinski definition) is 5. The van der Waals surface area contributed by atoms with Crippen LogP contribution in [0.3, 0.4) is 0 Å². The van der Waals surface area contributed by atoms with E-state index in [0.29, 0.717) is 55.2 Å². The second kappa shape index (κ2) is 10.8. The Morgan fingerprint density at radius 3 is 2.11 bits per heavy atom. The lowest BCUT2D eigenvalue weighted by molar-refractivity contribution is 0.204. The first kappa shape index (κ1) is 25.8. The van der Waals surface area contributed by atoms with Crippen LogP contribution in [0.4, 0.5) is 18.9 Å². The normalized spacial score (nSPS) is 15.0. The zero-order valence-electron chi connectivity index (χ0n) is 20.0. The SMILES string of the molecule is COc1ccc(N(C2CCN(Cc3ccc(F)cc3F)CC2)S(=O)(=O)c2ccc(F)cc2)cc1OC. The monoisotopic (exact) mass is 520 g/mol. The van der Waals surface area contributed by atoms with Crippen molar-refractivity contribution in [3.05, 3.63) is 83.7 Å². The molecule has 1 fully saturated rings. The number of sulfonamides is 1. The molecule has 1 aliphatic heterocycles. The molecule has 10 heteroatoms. The van der Waals surface area contributed by atoms with E-state index < -0.39 is 33.5 Å². The van der Waals surface area contributed by atoms with Crippen molar-refractivity contribution in [3.8, 4) is 11.5 Å². The Bertz CT molecular complexity index is 1310. The average molecular weight is 521 g/mol. The van der Waals surface area contributed by atoms with Crippen LogP contribution in [0.5, 0.6) is 11.5 Å². The molecule has 0 amide bonds. The lowest BCUT2D eigenvalue weighted by atomic mass is 10.0. The van der Waals surface area contributed by atoms with Crippen molar-refractivity contribution < 1.29 is 31.1 Å². The Morgan fingerprint density at radius 1 is 0.861 bits per heavy atom. The Labute approximate surface area is 208 Å². The van der Waals surface area contributed by atoms with Gasteiger partial charge in [0.2, 0.25) is 0 Å². The van der Waals surface area contributed by atoms with Crippen LogP contribution >= 0.6 is 0 Å². The molecule has 0 N–H and O–H groups in total. The summed E-state index contributed by atoms with van der Waals surface area (Å²) in [6.07, 6.45) is 0.940. The highest BCUT2D eigenvalue weighted by Gasteiger charge is 2.35. The molecule has 1 saturated heterocycles. The second-order valence-corrected chi connectivity index (χ2v) is 10.4. The maximum absolute atomic E-state index is 14.1. The summed E-state index contributed by atoms with van der Waals surface area (Å²) in [7, 11) is -1.10. The highest BCUT2D eigenvalue weighted by atomic mass is 32.2. The number of ether oxygens (including phenoxy) is 2. The summed E-state index contributed by atoms with van der Waals surface area (Å²) >= 11 is 0. The number of halogens is 3. The van der Waals surface area contributed by atoms with E-state index in [2.05, 4.69) is 0 Å². The van der Waals surface area contributed by atoms with Crippen molar-refractivity contribution in [2.24, 2.45) is 0 Å². The minimum Gasteiger partial charge on any atom is -0.493 e. The van der Waals surface area contributed by atoms with Crippen LogP contribution < -0.4 is 13.8 Å². The van der Waals surface area contributed by atoms with Gasteiger partial charge < -0.3 is 9.47 Å². The van der Waals surface area contributed by atoms with Crippen LogP contribution in [-0.2, 0) is 16.6 Å². The number of benzene rings is 3. The van der Waals surface area contributed by atoms with E-state index in [9.17, 15) is 21.6 Å². The molecule has 192 valence electrons. The van der Waals surface area contributed by atoms with Gasteiger partial charge in [-0.05, 0) is 55.3 Å². The summed E-state index contributed by atoms with van der Waals surface area (Å²) in [5.41, 5.74) is 0.769. The zero-order chi connectivity index (χ0) is 25.9. The standard InChI is InChI=1S/C26H27F3N2O4S/c1-34-25-10-7-22(16-26(25)35-2)31(36(32,33)23-8-5-19(27)6-9-23)21-11-13-30(14-12-21)17-18-3-4-20(28)15-24(18)29/h3-10,15-16,21H,11-14,17H2,1-2H3. The summed E-state index contributed by atoms with van der Waals surface area (Å²) in [6.45, 7) is 1.30. The maximum Gasteiger partial charge on any atom is 0.264 e. The van der Waals surface area contributed by atoms with E-state index in [1.807, 2.05) is 4.90 Å². The van der Waals surface area contributed by atoms with Crippen LogP contribution in [0, 0.1) is 17.5 Å². The number of anilines is 1. The quantitative estimate of drug-likeness (QED) is 0.419. The Kier molecular flexibility index (Phi) is 7.75. The minimum absolute atomic E-state index is 0.0329. The molecule has 3 aromatic carbocycles. The first-order valence-corrected chi connectivity index (χ1v) is 12.8. The van der Waals surface area contributed by atoms with Crippen molar-refractivity contribution >= 4 is 15.7 Å². The smallest absolute Gasteiger partial charge is 0.264 e. The highest BCUT2D eigenvalue weighted by Crippen LogP contribution is 2.37. The van der Waals surface area contributed by atoms with Gasteiger partial charge in [-0.3, -0.25) is 9.21 Å². The lowest BCUT2D eigenvalue weighted by Crippen LogP contribution is -2.47. The van der Waals surface area contributed by atoms with Gasteiger partial charge in [0.15, 0.2) is 11.5 Å². The van der Waals surface area contributed by atoms with Crippen molar-refractivity contribution in [1.29, 1.82) is 0 Å². The summed E-state index contributed by atoms with van der Waals surface area (Å²) in [5, 5.41) is 0. The summed E-state index contributed by atoms with van der Waals surface area (Å²) in [6, 6.07) is 12.7.